The smallest absolute Gasteiger partial charge is 0.179 e. The number of hydrogen-bond acceptors (Lipinski definition) is 5. The van der Waals surface area contributed by atoms with Crippen LogP contribution in [-0.2, 0) is 0 Å². The van der Waals surface area contributed by atoms with Gasteiger partial charge in [0.15, 0.2) is 5.65 Å². The highest BCUT2D eigenvalue weighted by Crippen LogP contribution is 2.22. The molecule has 2 aromatic heterocycles. The van der Waals surface area contributed by atoms with Gasteiger partial charge in [-0.3, -0.25) is 5.43 Å². The Labute approximate surface area is 125 Å². The number of pyridine rings is 1. The molecule has 0 amide bonds. The van der Waals surface area contributed by atoms with Crippen LogP contribution in [0.1, 0.15) is 18.9 Å². The Morgan fingerprint density at radius 3 is 3.05 bits per heavy atom. The minimum absolute atomic E-state index is 0.313. The quantitative estimate of drug-likeness (QED) is 0.695. The lowest BCUT2D eigenvalue weighted by molar-refractivity contribution is 0.755. The summed E-state index contributed by atoms with van der Waals surface area (Å²) in [6, 6.07) is 10.1. The number of benzene rings is 1. The molecule has 0 bridgehead atoms. The summed E-state index contributed by atoms with van der Waals surface area (Å²) < 4.78 is 1.73. The Balaban J connectivity index is 1.87. The van der Waals surface area contributed by atoms with Crippen LogP contribution in [0, 0.1) is 5.92 Å². The zero-order valence-electron chi connectivity index (χ0n) is 11.3. The summed E-state index contributed by atoms with van der Waals surface area (Å²) in [5, 5.41) is 17.1. The Kier molecular flexibility index (Phi) is 2.68. The summed E-state index contributed by atoms with van der Waals surface area (Å²) in [7, 11) is 0. The maximum atomic E-state index is 5.16. The van der Waals surface area contributed by atoms with Crippen LogP contribution in [0.4, 0.5) is 0 Å². The molecule has 0 saturated heterocycles. The molecule has 0 radical (unpaired) electrons. The molecule has 1 N–H and O–H groups in total. The molecular formula is C14H12N6S. The van der Waals surface area contributed by atoms with Gasteiger partial charge >= 0.3 is 0 Å². The van der Waals surface area contributed by atoms with Crippen LogP contribution in [0.3, 0.4) is 0 Å². The molecule has 1 aliphatic heterocycles. The van der Waals surface area contributed by atoms with Crippen LogP contribution in [0.5, 0.6) is 0 Å². The lowest BCUT2D eigenvalue weighted by Gasteiger charge is -2.21. The van der Waals surface area contributed by atoms with E-state index in [0.29, 0.717) is 5.92 Å². The fourth-order valence-electron chi connectivity index (χ4n) is 2.68. The number of nitrogens with one attached hydrogen (secondary N) is 1. The average molecular weight is 296 g/mol. The summed E-state index contributed by atoms with van der Waals surface area (Å²) in [4.78, 5) is 0.794. The molecule has 0 saturated carbocycles. The second-order valence-corrected chi connectivity index (χ2v) is 5.69. The van der Waals surface area contributed by atoms with Gasteiger partial charge in [-0.25, -0.2) is 0 Å². The lowest BCUT2D eigenvalue weighted by Crippen LogP contribution is -2.30. The van der Waals surface area contributed by atoms with Crippen molar-refractivity contribution < 1.29 is 0 Å². The van der Waals surface area contributed by atoms with Crippen LogP contribution in [0.15, 0.2) is 35.4 Å². The van der Waals surface area contributed by atoms with Crippen molar-refractivity contribution in [2.45, 2.75) is 13.3 Å². The molecule has 1 aliphatic rings. The van der Waals surface area contributed by atoms with Crippen LogP contribution < -0.4 is 5.43 Å². The van der Waals surface area contributed by atoms with Gasteiger partial charge in [0.1, 0.15) is 0 Å². The second-order valence-electron chi connectivity index (χ2n) is 5.19. The van der Waals surface area contributed by atoms with Crippen LogP contribution >= 0.6 is 12.2 Å². The predicted octanol–water partition coefficient (Wildman–Crippen LogP) is 1.94. The minimum Gasteiger partial charge on any atom is -0.271 e. The minimum atomic E-state index is 0.313. The largest absolute Gasteiger partial charge is 0.271 e. The van der Waals surface area contributed by atoms with Crippen molar-refractivity contribution in [2.75, 3.05) is 0 Å². The number of fused-ring (bicyclic) bond motifs is 3. The average Bonchev–Trinajstić information content (AvgIpc) is 2.95. The van der Waals surface area contributed by atoms with Gasteiger partial charge in [0.2, 0.25) is 0 Å². The first-order valence-electron chi connectivity index (χ1n) is 6.70. The van der Waals surface area contributed by atoms with E-state index >= 15 is 0 Å². The van der Waals surface area contributed by atoms with Gasteiger partial charge in [-0.05, 0) is 40.3 Å². The summed E-state index contributed by atoms with van der Waals surface area (Å²) in [5.74, 6) is 0.313. The molecule has 21 heavy (non-hydrogen) atoms. The molecule has 3 aromatic rings. The first-order chi connectivity index (χ1) is 10.2. The van der Waals surface area contributed by atoms with E-state index in [1.165, 1.54) is 0 Å². The van der Waals surface area contributed by atoms with Crippen molar-refractivity contribution in [3.63, 3.8) is 0 Å². The molecular weight excluding hydrogens is 284 g/mol. The number of rotatable bonds is 1. The van der Waals surface area contributed by atoms with Crippen LogP contribution in [0.2, 0.25) is 0 Å². The van der Waals surface area contributed by atoms with Crippen molar-refractivity contribution in [3.8, 4) is 0 Å². The first-order valence-corrected chi connectivity index (χ1v) is 7.11. The monoisotopic (exact) mass is 296 g/mol. The maximum absolute atomic E-state index is 5.16. The van der Waals surface area contributed by atoms with E-state index in [-0.39, 0.29) is 0 Å². The molecule has 0 fully saturated rings. The fourth-order valence-corrected chi connectivity index (χ4v) is 2.97. The summed E-state index contributed by atoms with van der Waals surface area (Å²) >= 11 is 5.16. The molecule has 0 spiro atoms. The number of aromatic nitrogens is 4. The van der Waals surface area contributed by atoms with E-state index in [0.717, 1.165) is 39.2 Å². The first kappa shape index (κ1) is 12.3. The maximum Gasteiger partial charge on any atom is 0.179 e. The van der Waals surface area contributed by atoms with Gasteiger partial charge in [-0.2, -0.15) is 9.62 Å². The molecule has 104 valence electrons. The molecule has 1 atom stereocenters. The molecule has 6 nitrogen and oxygen atoms in total. The Morgan fingerprint density at radius 2 is 2.19 bits per heavy atom. The zero-order chi connectivity index (χ0) is 14.4. The van der Waals surface area contributed by atoms with Gasteiger partial charge in [0.25, 0.3) is 0 Å². The molecule has 3 heterocycles. The van der Waals surface area contributed by atoms with E-state index < -0.39 is 0 Å². The molecule has 0 aliphatic carbocycles. The predicted molar refractivity (Wildman–Crippen MR) is 84.3 cm³/mol. The van der Waals surface area contributed by atoms with Crippen molar-refractivity contribution in [2.24, 2.45) is 11.0 Å². The number of hydrazone groups is 1. The van der Waals surface area contributed by atoms with E-state index in [9.17, 15) is 0 Å². The van der Waals surface area contributed by atoms with Gasteiger partial charge in [-0.1, -0.05) is 25.2 Å². The SMILES string of the molecule is CC1CC(=S)NN=C1c1ccc2c(ccc3nnnn32)c1. The molecule has 1 aromatic carbocycles. The summed E-state index contributed by atoms with van der Waals surface area (Å²) in [6.07, 6.45) is 0.832. The topological polar surface area (TPSA) is 67.5 Å². The van der Waals surface area contributed by atoms with Crippen molar-refractivity contribution in [1.82, 2.24) is 25.5 Å². The van der Waals surface area contributed by atoms with Gasteiger partial charge < -0.3 is 0 Å². The highest BCUT2D eigenvalue weighted by atomic mass is 32.1. The van der Waals surface area contributed by atoms with Gasteiger partial charge in [0, 0.05) is 17.7 Å². The number of thiocarbonyl (C=S) groups is 1. The zero-order valence-corrected chi connectivity index (χ0v) is 12.1. The molecule has 4 rings (SSSR count). The van der Waals surface area contributed by atoms with Gasteiger partial charge in [0.05, 0.1) is 16.2 Å². The summed E-state index contributed by atoms with van der Waals surface area (Å²) in [5.41, 5.74) is 6.76. The van der Waals surface area contributed by atoms with Crippen LogP contribution in [0.25, 0.3) is 16.6 Å². The molecule has 1 unspecified atom stereocenters. The lowest BCUT2D eigenvalue weighted by atomic mass is 9.93. The summed E-state index contributed by atoms with van der Waals surface area (Å²) in [6.45, 7) is 2.14. The van der Waals surface area contributed by atoms with E-state index in [1.807, 2.05) is 18.2 Å². The van der Waals surface area contributed by atoms with Crippen molar-refractivity contribution in [1.29, 1.82) is 0 Å². The Morgan fingerprint density at radius 1 is 1.29 bits per heavy atom. The number of nitrogens with zero attached hydrogens (tertiary/aromatic N) is 5. The number of hydrogen-bond donors (Lipinski definition) is 1. The van der Waals surface area contributed by atoms with Gasteiger partial charge in [-0.15, -0.1) is 5.10 Å². The molecule has 7 heteroatoms. The number of tetrazole rings is 1. The standard InChI is InChI=1S/C14H12N6S/c1-8-6-13(21)16-17-14(8)10-2-4-11-9(7-10)3-5-12-15-18-19-20(11)12/h2-5,7-8H,6H2,1H3,(H,16,21). The Hall–Kier alpha value is -2.41. The van der Waals surface area contributed by atoms with E-state index in [4.69, 9.17) is 12.2 Å². The fraction of sp³-hybridized carbons (Fsp3) is 0.214. The third-order valence-electron chi connectivity index (χ3n) is 3.72. The third-order valence-corrected chi connectivity index (χ3v) is 3.97. The van der Waals surface area contributed by atoms with E-state index in [1.54, 1.807) is 4.52 Å². The van der Waals surface area contributed by atoms with Crippen LogP contribution in [-0.4, -0.2) is 30.7 Å². The third kappa shape index (κ3) is 1.97. The highest BCUT2D eigenvalue weighted by Gasteiger charge is 2.20. The second kappa shape index (κ2) is 4.56. The van der Waals surface area contributed by atoms with Crippen molar-refractivity contribution in [3.05, 3.63) is 35.9 Å². The normalized spacial score (nSPS) is 18.8. The van der Waals surface area contributed by atoms with Crippen molar-refractivity contribution >= 4 is 39.5 Å². The van der Waals surface area contributed by atoms with E-state index in [2.05, 4.69) is 45.1 Å². The Bertz CT molecular complexity index is 897. The highest BCUT2D eigenvalue weighted by molar-refractivity contribution is 7.80.